The maximum atomic E-state index is 3.76. The maximum Gasteiger partial charge on any atom is 0.0672 e. The normalized spacial score (nSPS) is 22.6. The zero-order valence-corrected chi connectivity index (χ0v) is 27.8. The van der Waals surface area contributed by atoms with Gasteiger partial charge in [0.1, 0.15) is 0 Å². The first-order chi connectivity index (χ1) is 24.1. The Labute approximate surface area is 289 Å². The second-order valence-electron chi connectivity index (χ2n) is 14.5. The van der Waals surface area contributed by atoms with Gasteiger partial charge in [-0.25, -0.2) is 0 Å². The van der Waals surface area contributed by atoms with E-state index < -0.39 is 0 Å². The second-order valence-corrected chi connectivity index (χ2v) is 14.5. The molecule has 2 atom stereocenters. The van der Waals surface area contributed by atoms with Crippen LogP contribution < -0.4 is 0 Å². The fourth-order valence-corrected chi connectivity index (χ4v) is 9.13. The molecule has 5 aromatic carbocycles. The minimum atomic E-state index is -0.0725. The van der Waals surface area contributed by atoms with Gasteiger partial charge in [-0.2, -0.15) is 0 Å². The first-order valence-corrected chi connectivity index (χ1v) is 17.6. The summed E-state index contributed by atoms with van der Waals surface area (Å²) in [4.78, 5) is 0. The Morgan fingerprint density at radius 2 is 1.49 bits per heavy atom. The lowest BCUT2D eigenvalue weighted by molar-refractivity contribution is 0.493. The van der Waals surface area contributed by atoms with Crippen molar-refractivity contribution in [1.29, 1.82) is 0 Å². The molecule has 0 amide bonds. The summed E-state index contributed by atoms with van der Waals surface area (Å²) in [5, 5.41) is 2.60. The minimum Gasteiger partial charge on any atom is -0.0859 e. The molecular formula is C49H36. The summed E-state index contributed by atoms with van der Waals surface area (Å²) in [6.07, 6.45) is 22.3. The highest BCUT2D eigenvalue weighted by Crippen LogP contribution is 2.75. The largest absolute Gasteiger partial charge is 0.0859 e. The van der Waals surface area contributed by atoms with E-state index in [1.54, 1.807) is 0 Å². The van der Waals surface area contributed by atoms with Crippen molar-refractivity contribution in [3.63, 3.8) is 0 Å². The average molecular weight is 625 g/mol. The van der Waals surface area contributed by atoms with Crippen LogP contribution in [0.3, 0.4) is 0 Å². The average Bonchev–Trinajstić information content (AvgIpc) is 3.86. The number of fused-ring (bicyclic) bond motifs is 4. The van der Waals surface area contributed by atoms with E-state index in [2.05, 4.69) is 164 Å². The third-order valence-electron chi connectivity index (χ3n) is 11.8. The van der Waals surface area contributed by atoms with E-state index in [1.165, 1.54) is 83.1 Å². The summed E-state index contributed by atoms with van der Waals surface area (Å²) in [5.41, 5.74) is 17.5. The zero-order valence-electron chi connectivity index (χ0n) is 27.8. The van der Waals surface area contributed by atoms with Crippen LogP contribution in [-0.2, 0) is 12.8 Å². The number of allylic oxidation sites excluding steroid dienone is 12. The SMILES string of the molecule is Cc1ccc(-c2ccc3c(c2)CC2=CC=C4C=CC#CC45CC25Cc2cc(C4=CC=CCC(c5cccc6ccccc56)=C4)ccc2-3)cc1. The Bertz CT molecular complexity index is 2490. The Morgan fingerprint density at radius 1 is 0.694 bits per heavy atom. The van der Waals surface area contributed by atoms with Gasteiger partial charge in [0.05, 0.1) is 5.41 Å². The van der Waals surface area contributed by atoms with Crippen molar-refractivity contribution in [2.24, 2.45) is 10.8 Å². The molecule has 0 nitrogen and oxygen atoms in total. The van der Waals surface area contributed by atoms with Crippen molar-refractivity contribution in [3.8, 4) is 34.1 Å². The van der Waals surface area contributed by atoms with Gasteiger partial charge in [0.15, 0.2) is 0 Å². The summed E-state index contributed by atoms with van der Waals surface area (Å²) in [5.74, 6) is 7.14. The summed E-state index contributed by atoms with van der Waals surface area (Å²) in [7, 11) is 0. The van der Waals surface area contributed by atoms with Crippen LogP contribution >= 0.6 is 0 Å². The van der Waals surface area contributed by atoms with Crippen molar-refractivity contribution in [2.75, 3.05) is 0 Å². The molecule has 1 fully saturated rings. The van der Waals surface area contributed by atoms with Gasteiger partial charge in [-0.1, -0.05) is 163 Å². The quantitative estimate of drug-likeness (QED) is 0.175. The molecule has 232 valence electrons. The molecule has 0 aromatic heterocycles. The van der Waals surface area contributed by atoms with Crippen molar-refractivity contribution in [2.45, 2.75) is 32.6 Å². The van der Waals surface area contributed by atoms with Crippen molar-refractivity contribution in [3.05, 3.63) is 191 Å². The molecule has 0 aliphatic heterocycles. The molecular weight excluding hydrogens is 589 g/mol. The van der Waals surface area contributed by atoms with E-state index in [0.29, 0.717) is 0 Å². The number of benzene rings is 5. The van der Waals surface area contributed by atoms with Gasteiger partial charge in [0.25, 0.3) is 0 Å². The lowest BCUT2D eigenvalue weighted by Crippen LogP contribution is -2.26. The van der Waals surface area contributed by atoms with E-state index in [1.807, 2.05) is 6.08 Å². The Hall–Kier alpha value is -5.64. The summed E-state index contributed by atoms with van der Waals surface area (Å²) in [6.45, 7) is 2.16. The zero-order chi connectivity index (χ0) is 32.6. The van der Waals surface area contributed by atoms with Gasteiger partial charge in [-0.05, 0) is 117 Å². The van der Waals surface area contributed by atoms with E-state index in [9.17, 15) is 0 Å². The summed E-state index contributed by atoms with van der Waals surface area (Å²) >= 11 is 0. The monoisotopic (exact) mass is 624 g/mol. The highest BCUT2D eigenvalue weighted by atomic mass is 14.7. The lowest BCUT2D eigenvalue weighted by atomic mass is 9.69. The van der Waals surface area contributed by atoms with Crippen molar-refractivity contribution in [1.82, 2.24) is 0 Å². The van der Waals surface area contributed by atoms with Crippen LogP contribution in [0.4, 0.5) is 0 Å². The molecule has 5 aliphatic carbocycles. The fraction of sp³-hybridized carbons (Fsp3) is 0.143. The third kappa shape index (κ3) is 4.39. The number of rotatable bonds is 3. The van der Waals surface area contributed by atoms with Gasteiger partial charge in [0.2, 0.25) is 0 Å². The fourth-order valence-electron chi connectivity index (χ4n) is 9.13. The first kappa shape index (κ1) is 28.4. The van der Waals surface area contributed by atoms with Crippen LogP contribution in [0.5, 0.6) is 0 Å². The van der Waals surface area contributed by atoms with Crippen LogP contribution in [0.2, 0.25) is 0 Å². The van der Waals surface area contributed by atoms with Crippen molar-refractivity contribution >= 4 is 21.9 Å². The summed E-state index contributed by atoms with van der Waals surface area (Å²) < 4.78 is 0. The molecule has 0 saturated heterocycles. The number of aryl methyl sites for hydroxylation is 1. The second kappa shape index (κ2) is 10.7. The van der Waals surface area contributed by atoms with Gasteiger partial charge in [-0.3, -0.25) is 0 Å². The predicted molar refractivity (Wildman–Crippen MR) is 206 cm³/mol. The maximum absolute atomic E-state index is 3.76. The topological polar surface area (TPSA) is 0 Å². The van der Waals surface area contributed by atoms with Crippen LogP contribution in [-0.4, -0.2) is 0 Å². The molecule has 10 rings (SSSR count). The predicted octanol–water partition coefficient (Wildman–Crippen LogP) is 11.8. The number of hydrogen-bond acceptors (Lipinski definition) is 0. The van der Waals surface area contributed by atoms with Crippen LogP contribution in [0.25, 0.3) is 44.2 Å². The van der Waals surface area contributed by atoms with Crippen LogP contribution in [0.1, 0.15) is 40.7 Å². The number of hydrogen-bond donors (Lipinski definition) is 0. The Kier molecular flexibility index (Phi) is 6.19. The van der Waals surface area contributed by atoms with Gasteiger partial charge >= 0.3 is 0 Å². The molecule has 0 radical (unpaired) electrons. The Morgan fingerprint density at radius 3 is 2.41 bits per heavy atom. The van der Waals surface area contributed by atoms with Gasteiger partial charge < -0.3 is 0 Å². The van der Waals surface area contributed by atoms with E-state index in [4.69, 9.17) is 0 Å². The molecule has 2 spiro atoms. The Balaban J connectivity index is 1.13. The van der Waals surface area contributed by atoms with E-state index >= 15 is 0 Å². The molecule has 0 bridgehead atoms. The molecule has 0 heterocycles. The molecule has 0 heteroatoms. The third-order valence-corrected chi connectivity index (χ3v) is 11.8. The lowest BCUT2D eigenvalue weighted by Gasteiger charge is -2.33. The molecule has 1 saturated carbocycles. The molecule has 0 N–H and O–H groups in total. The highest BCUT2D eigenvalue weighted by Gasteiger charge is 2.70. The molecule has 2 unspecified atom stereocenters. The van der Waals surface area contributed by atoms with E-state index in [-0.39, 0.29) is 10.8 Å². The van der Waals surface area contributed by atoms with Crippen LogP contribution in [0, 0.1) is 29.6 Å². The molecule has 49 heavy (non-hydrogen) atoms. The van der Waals surface area contributed by atoms with E-state index in [0.717, 1.165) is 25.7 Å². The standard InChI is InChI=1S/C49H36/c1-33-16-18-34(19-17-33)37-20-24-46-40(28-37)30-43-23-22-42-13-6-7-26-48(42)32-49(43,48)31-41-29-38(21-25-47(41)46)36-10-2-3-11-39(27-36)45-15-8-12-35-9-4-5-14-44(35)45/h2-6,8-10,12-25,27-29H,11,30-32H2,1H3. The molecule has 5 aromatic rings. The van der Waals surface area contributed by atoms with Crippen molar-refractivity contribution < 1.29 is 0 Å². The smallest absolute Gasteiger partial charge is 0.0672 e. The summed E-state index contributed by atoms with van der Waals surface area (Å²) in [6, 6.07) is 38.8. The van der Waals surface area contributed by atoms with Gasteiger partial charge in [-0.15, -0.1) is 0 Å². The minimum absolute atomic E-state index is 0.0292. The molecule has 5 aliphatic rings. The van der Waals surface area contributed by atoms with Gasteiger partial charge in [0, 0.05) is 5.41 Å². The van der Waals surface area contributed by atoms with Crippen LogP contribution in [0.15, 0.2) is 163 Å². The first-order valence-electron chi connectivity index (χ1n) is 17.6. The highest BCUT2D eigenvalue weighted by molar-refractivity contribution is 5.97.